The molecule has 1 unspecified atom stereocenters. The molecule has 2 aromatic rings. The largest absolute Gasteiger partial charge is 0.382 e. The van der Waals surface area contributed by atoms with Crippen molar-refractivity contribution in [2.75, 3.05) is 32.8 Å². The van der Waals surface area contributed by atoms with Crippen LogP contribution in [0.5, 0.6) is 0 Å². The fourth-order valence-corrected chi connectivity index (χ4v) is 6.06. The van der Waals surface area contributed by atoms with Crippen molar-refractivity contribution in [3.05, 3.63) is 56.7 Å². The minimum Gasteiger partial charge on any atom is -0.382 e. The van der Waals surface area contributed by atoms with Crippen LogP contribution < -0.4 is 0 Å². The van der Waals surface area contributed by atoms with E-state index in [4.69, 9.17) is 16.3 Å². The Bertz CT molecular complexity index is 962. The summed E-state index contributed by atoms with van der Waals surface area (Å²) in [5, 5.41) is 2.78. The van der Waals surface area contributed by atoms with E-state index in [-0.39, 0.29) is 24.4 Å². The molecule has 2 heterocycles. The molecule has 37 heavy (non-hydrogen) atoms. The van der Waals surface area contributed by atoms with Crippen LogP contribution in [-0.4, -0.2) is 54.5 Å². The average molecular weight is 547 g/mol. The molecule has 1 aromatic carbocycles. The van der Waals surface area contributed by atoms with E-state index in [1.165, 1.54) is 42.5 Å². The monoisotopic (exact) mass is 546 g/mol. The van der Waals surface area contributed by atoms with Crippen LogP contribution in [0.2, 0.25) is 5.02 Å². The van der Waals surface area contributed by atoms with Crippen LogP contribution in [0.15, 0.2) is 35.7 Å². The van der Waals surface area contributed by atoms with Crippen LogP contribution in [0.1, 0.15) is 93.7 Å². The Kier molecular flexibility index (Phi) is 13.0. The summed E-state index contributed by atoms with van der Waals surface area (Å²) in [5.41, 5.74) is 2.23. The zero-order valence-corrected chi connectivity index (χ0v) is 24.1. The molecular weight excluding hydrogens is 504 g/mol. The van der Waals surface area contributed by atoms with Crippen LogP contribution in [0, 0.1) is 0 Å². The van der Waals surface area contributed by atoms with Crippen LogP contribution in [0.4, 0.5) is 0 Å². The fraction of sp³-hybridized carbons (Fsp3) is 0.600. The minimum atomic E-state index is -0.150. The molecule has 0 fully saturated rings. The molecule has 2 amide bonds. The lowest BCUT2D eigenvalue weighted by atomic mass is 9.93. The SMILES string of the molecule is CCCCCCCCCC(=O)N(CCCOCC)CC(=O)N1CCc2sccc2C1c1ccc(Cl)cc1. The molecule has 0 aliphatic carbocycles. The number of fused-ring (bicyclic) bond motifs is 1. The van der Waals surface area contributed by atoms with E-state index in [1.807, 2.05) is 36.1 Å². The van der Waals surface area contributed by atoms with Gasteiger partial charge < -0.3 is 14.5 Å². The Morgan fingerprint density at radius 2 is 1.76 bits per heavy atom. The first-order valence-corrected chi connectivity index (χ1v) is 15.3. The molecule has 0 saturated carbocycles. The highest BCUT2D eigenvalue weighted by Crippen LogP contribution is 2.38. The molecule has 7 heteroatoms. The molecule has 0 spiro atoms. The number of hydrogen-bond donors (Lipinski definition) is 0. The maximum absolute atomic E-state index is 13.7. The van der Waals surface area contributed by atoms with Crippen LogP contribution in [-0.2, 0) is 20.7 Å². The second-order valence-corrected chi connectivity index (χ2v) is 11.3. The highest BCUT2D eigenvalue weighted by atomic mass is 35.5. The second-order valence-electron chi connectivity index (χ2n) is 9.83. The number of carbonyl (C=O) groups excluding carboxylic acids is 2. The zero-order valence-electron chi connectivity index (χ0n) is 22.6. The van der Waals surface area contributed by atoms with Crippen molar-refractivity contribution in [2.45, 2.75) is 84.1 Å². The number of amides is 2. The number of unbranched alkanes of at least 4 members (excludes halogenated alkanes) is 6. The summed E-state index contributed by atoms with van der Waals surface area (Å²) in [4.78, 5) is 32.0. The number of rotatable bonds is 16. The second kappa shape index (κ2) is 16.2. The number of nitrogens with zero attached hydrogens (tertiary/aromatic N) is 2. The van der Waals surface area contributed by atoms with Gasteiger partial charge in [-0.15, -0.1) is 11.3 Å². The van der Waals surface area contributed by atoms with Crippen LogP contribution in [0.3, 0.4) is 0 Å². The van der Waals surface area contributed by atoms with Crippen LogP contribution >= 0.6 is 22.9 Å². The first-order chi connectivity index (χ1) is 18.0. The Morgan fingerprint density at radius 1 is 1.03 bits per heavy atom. The van der Waals surface area contributed by atoms with Gasteiger partial charge in [0.25, 0.3) is 0 Å². The third kappa shape index (κ3) is 9.12. The van der Waals surface area contributed by atoms with Gasteiger partial charge in [-0.05, 0) is 60.9 Å². The van der Waals surface area contributed by atoms with E-state index < -0.39 is 0 Å². The topological polar surface area (TPSA) is 49.9 Å². The summed E-state index contributed by atoms with van der Waals surface area (Å²) < 4.78 is 5.50. The average Bonchev–Trinajstić information content (AvgIpc) is 3.39. The predicted molar refractivity (Wildman–Crippen MR) is 153 cm³/mol. The van der Waals surface area contributed by atoms with Gasteiger partial charge in [-0.3, -0.25) is 9.59 Å². The van der Waals surface area contributed by atoms with E-state index in [9.17, 15) is 9.59 Å². The molecule has 0 bridgehead atoms. The highest BCUT2D eigenvalue weighted by Gasteiger charge is 2.33. The van der Waals surface area contributed by atoms with E-state index in [0.29, 0.717) is 37.7 Å². The van der Waals surface area contributed by atoms with E-state index in [1.54, 1.807) is 16.2 Å². The molecule has 0 radical (unpaired) electrons. The van der Waals surface area contributed by atoms with Crippen molar-refractivity contribution in [1.29, 1.82) is 0 Å². The quantitative estimate of drug-likeness (QED) is 0.208. The molecule has 1 aliphatic rings. The summed E-state index contributed by atoms with van der Waals surface area (Å²) in [6.07, 6.45) is 10.3. The van der Waals surface area contributed by atoms with E-state index >= 15 is 0 Å². The number of carbonyl (C=O) groups is 2. The summed E-state index contributed by atoms with van der Waals surface area (Å²) in [5.74, 6) is 0.0795. The lowest BCUT2D eigenvalue weighted by molar-refractivity contribution is -0.142. The summed E-state index contributed by atoms with van der Waals surface area (Å²) in [6.45, 7) is 6.76. The van der Waals surface area contributed by atoms with Gasteiger partial charge in [-0.25, -0.2) is 0 Å². The molecule has 204 valence electrons. The maximum Gasteiger partial charge on any atom is 0.242 e. The van der Waals surface area contributed by atoms with Crippen LogP contribution in [0.25, 0.3) is 0 Å². The molecule has 0 N–H and O–H groups in total. The molecule has 0 saturated heterocycles. The van der Waals surface area contributed by atoms with Crippen molar-refractivity contribution >= 4 is 34.8 Å². The Balaban J connectivity index is 1.66. The van der Waals surface area contributed by atoms with Gasteiger partial charge in [-0.1, -0.05) is 69.2 Å². The van der Waals surface area contributed by atoms with Crippen molar-refractivity contribution < 1.29 is 14.3 Å². The zero-order chi connectivity index (χ0) is 26.5. The van der Waals surface area contributed by atoms with Crippen molar-refractivity contribution in [1.82, 2.24) is 9.80 Å². The van der Waals surface area contributed by atoms with Gasteiger partial charge in [0.05, 0.1) is 12.6 Å². The number of hydrogen-bond acceptors (Lipinski definition) is 4. The number of benzene rings is 1. The lowest BCUT2D eigenvalue weighted by Crippen LogP contribution is -2.47. The molecule has 1 atom stereocenters. The first-order valence-electron chi connectivity index (χ1n) is 14.0. The summed E-state index contributed by atoms with van der Waals surface area (Å²) in [6, 6.07) is 9.75. The fourth-order valence-electron chi connectivity index (χ4n) is 5.03. The van der Waals surface area contributed by atoms with E-state index in [2.05, 4.69) is 18.4 Å². The molecular formula is C30H43ClN2O3S. The Morgan fingerprint density at radius 3 is 2.49 bits per heavy atom. The third-order valence-corrected chi connectivity index (χ3v) is 8.31. The van der Waals surface area contributed by atoms with Gasteiger partial charge in [-0.2, -0.15) is 0 Å². The van der Waals surface area contributed by atoms with Gasteiger partial charge in [0, 0.05) is 42.6 Å². The smallest absolute Gasteiger partial charge is 0.242 e. The molecule has 1 aliphatic heterocycles. The predicted octanol–water partition coefficient (Wildman–Crippen LogP) is 7.27. The van der Waals surface area contributed by atoms with E-state index in [0.717, 1.165) is 31.2 Å². The number of ether oxygens (including phenoxy) is 1. The normalized spacial score (nSPS) is 15.0. The Hall–Kier alpha value is -1.89. The first kappa shape index (κ1) is 29.7. The number of halogens is 1. The summed E-state index contributed by atoms with van der Waals surface area (Å²) >= 11 is 7.90. The molecule has 1 aromatic heterocycles. The van der Waals surface area contributed by atoms with Crippen molar-refractivity contribution in [3.8, 4) is 0 Å². The van der Waals surface area contributed by atoms with Crippen molar-refractivity contribution in [2.24, 2.45) is 0 Å². The van der Waals surface area contributed by atoms with Gasteiger partial charge in [0.1, 0.15) is 0 Å². The van der Waals surface area contributed by atoms with Gasteiger partial charge in [0.2, 0.25) is 11.8 Å². The molecule has 3 rings (SSSR count). The lowest BCUT2D eigenvalue weighted by Gasteiger charge is -2.37. The summed E-state index contributed by atoms with van der Waals surface area (Å²) in [7, 11) is 0. The Labute approximate surface area is 232 Å². The number of thiophene rings is 1. The highest BCUT2D eigenvalue weighted by molar-refractivity contribution is 7.10. The standard InChI is InChI=1S/C30H43ClN2O3S/c1-3-5-6-7-8-9-10-12-28(34)32(19-11-21-36-4-2)23-29(35)33-20-17-27-26(18-22-37-27)30(33)24-13-15-25(31)16-14-24/h13-16,18,22,30H,3-12,17,19-21,23H2,1-2H3. The van der Waals surface area contributed by atoms with Gasteiger partial charge in [0.15, 0.2) is 0 Å². The third-order valence-electron chi connectivity index (χ3n) is 7.07. The maximum atomic E-state index is 13.7. The molecule has 5 nitrogen and oxygen atoms in total. The minimum absolute atomic E-state index is 0.00104. The van der Waals surface area contributed by atoms with Gasteiger partial charge >= 0.3 is 0 Å². The van der Waals surface area contributed by atoms with Crippen molar-refractivity contribution in [3.63, 3.8) is 0 Å².